The Morgan fingerprint density at radius 3 is 2.79 bits per heavy atom. The van der Waals surface area contributed by atoms with Gasteiger partial charge in [-0.25, -0.2) is 0 Å². The summed E-state index contributed by atoms with van der Waals surface area (Å²) in [5, 5.41) is 4.99. The van der Waals surface area contributed by atoms with Crippen LogP contribution in [0.15, 0.2) is 32.7 Å². The number of amides is 1. The number of nitrogens with zero attached hydrogens (tertiary/aromatic N) is 1. The first-order valence-electron chi connectivity index (χ1n) is 6.02. The Hall–Kier alpha value is -0.590. The fourth-order valence-corrected chi connectivity index (χ4v) is 3.82. The number of aromatic nitrogens is 1. The highest BCUT2D eigenvalue weighted by Crippen LogP contribution is 2.37. The van der Waals surface area contributed by atoms with Gasteiger partial charge in [0.2, 0.25) is 0 Å². The molecule has 0 aromatic carbocycles. The van der Waals surface area contributed by atoms with Crippen molar-refractivity contribution in [2.45, 2.75) is 25.4 Å². The quantitative estimate of drug-likeness (QED) is 0.809. The summed E-state index contributed by atoms with van der Waals surface area (Å²) in [7, 11) is 0. The molecule has 2 aromatic rings. The second-order valence-electron chi connectivity index (χ2n) is 4.60. The molecule has 1 saturated carbocycles. The summed E-state index contributed by atoms with van der Waals surface area (Å²) in [6.07, 6.45) is 4.33. The summed E-state index contributed by atoms with van der Waals surface area (Å²) in [5.41, 5.74) is 0.741. The zero-order valence-electron chi connectivity index (χ0n) is 10.0. The van der Waals surface area contributed by atoms with E-state index in [0.717, 1.165) is 19.5 Å². The number of carbonyl (C=O) groups excluding carboxylic acids is 1. The molecule has 0 radical (unpaired) electrons. The first kappa shape index (κ1) is 13.4. The van der Waals surface area contributed by atoms with Crippen molar-refractivity contribution in [3.05, 3.63) is 43.2 Å². The number of hydrogen-bond donors (Lipinski definition) is 1. The fraction of sp³-hybridized carbons (Fsp3) is 0.308. The van der Waals surface area contributed by atoms with E-state index in [1.807, 2.05) is 23.7 Å². The molecule has 0 bridgehead atoms. The van der Waals surface area contributed by atoms with Crippen LogP contribution in [0.5, 0.6) is 0 Å². The van der Waals surface area contributed by atoms with Crippen LogP contribution in [-0.2, 0) is 6.54 Å². The number of carbonyl (C=O) groups is 1. The lowest BCUT2D eigenvalue weighted by Crippen LogP contribution is -2.24. The van der Waals surface area contributed by atoms with Gasteiger partial charge in [0.15, 0.2) is 0 Å². The van der Waals surface area contributed by atoms with Crippen molar-refractivity contribution in [3.63, 3.8) is 0 Å². The molecule has 0 atom stereocenters. The van der Waals surface area contributed by atoms with E-state index in [2.05, 4.69) is 41.7 Å². The van der Waals surface area contributed by atoms with Gasteiger partial charge >= 0.3 is 0 Å². The van der Waals surface area contributed by atoms with Gasteiger partial charge in [-0.15, -0.1) is 11.3 Å². The Labute approximate surface area is 132 Å². The minimum absolute atomic E-state index is 0.0119. The van der Waals surface area contributed by atoms with Crippen molar-refractivity contribution < 1.29 is 4.79 Å². The molecule has 3 nitrogen and oxygen atoms in total. The highest BCUT2D eigenvalue weighted by atomic mass is 79.9. The molecule has 0 aliphatic heterocycles. The average molecular weight is 404 g/mol. The summed E-state index contributed by atoms with van der Waals surface area (Å²) in [4.78, 5) is 13.4. The molecule has 2 aromatic heterocycles. The third-order valence-corrected chi connectivity index (χ3v) is 5.16. The van der Waals surface area contributed by atoms with E-state index in [-0.39, 0.29) is 5.91 Å². The Kier molecular flexibility index (Phi) is 3.82. The van der Waals surface area contributed by atoms with Crippen LogP contribution in [0.3, 0.4) is 0 Å². The summed E-state index contributed by atoms with van der Waals surface area (Å²) in [5.74, 6) is -0.0119. The minimum Gasteiger partial charge on any atom is -0.346 e. The minimum atomic E-state index is -0.0119. The molecule has 1 aliphatic carbocycles. The van der Waals surface area contributed by atoms with Crippen molar-refractivity contribution in [2.24, 2.45) is 0 Å². The maximum absolute atomic E-state index is 12.2. The van der Waals surface area contributed by atoms with Gasteiger partial charge in [-0.1, -0.05) is 0 Å². The summed E-state index contributed by atoms with van der Waals surface area (Å²) < 4.78 is 4.10. The molecule has 0 saturated heterocycles. The van der Waals surface area contributed by atoms with Crippen molar-refractivity contribution in [3.8, 4) is 0 Å². The van der Waals surface area contributed by atoms with E-state index in [4.69, 9.17) is 0 Å². The van der Waals surface area contributed by atoms with E-state index in [0.29, 0.717) is 12.6 Å². The third kappa shape index (κ3) is 3.12. The molecule has 6 heteroatoms. The van der Waals surface area contributed by atoms with Crippen LogP contribution < -0.4 is 5.32 Å². The number of thiophene rings is 1. The van der Waals surface area contributed by atoms with Gasteiger partial charge in [0.1, 0.15) is 5.69 Å². The van der Waals surface area contributed by atoms with Gasteiger partial charge in [-0.05, 0) is 56.8 Å². The SMILES string of the molecule is O=C(NCc1cc(Br)cs1)c1cc(Br)cn1C1CC1. The van der Waals surface area contributed by atoms with Crippen molar-refractivity contribution in [2.75, 3.05) is 0 Å². The number of rotatable bonds is 4. The number of nitrogens with one attached hydrogen (secondary N) is 1. The Morgan fingerprint density at radius 2 is 2.16 bits per heavy atom. The predicted octanol–water partition coefficient (Wildman–Crippen LogP) is 4.34. The van der Waals surface area contributed by atoms with Gasteiger partial charge in [-0.3, -0.25) is 4.79 Å². The smallest absolute Gasteiger partial charge is 0.268 e. The normalized spacial score (nSPS) is 14.6. The number of hydrogen-bond acceptors (Lipinski definition) is 2. The summed E-state index contributed by atoms with van der Waals surface area (Å²) in [6, 6.07) is 4.42. The van der Waals surface area contributed by atoms with Gasteiger partial charge in [-0.2, -0.15) is 0 Å². The first-order valence-corrected chi connectivity index (χ1v) is 8.48. The summed E-state index contributed by atoms with van der Waals surface area (Å²) >= 11 is 8.49. The zero-order chi connectivity index (χ0) is 13.4. The van der Waals surface area contributed by atoms with Crippen LogP contribution in [0, 0.1) is 0 Å². The van der Waals surface area contributed by atoms with Gasteiger partial charge in [0.25, 0.3) is 5.91 Å². The second kappa shape index (κ2) is 5.42. The highest BCUT2D eigenvalue weighted by molar-refractivity contribution is 9.10. The maximum Gasteiger partial charge on any atom is 0.268 e. The van der Waals surface area contributed by atoms with Crippen LogP contribution in [-0.4, -0.2) is 10.5 Å². The molecule has 1 amide bonds. The van der Waals surface area contributed by atoms with E-state index >= 15 is 0 Å². The monoisotopic (exact) mass is 402 g/mol. The van der Waals surface area contributed by atoms with Gasteiger partial charge in [0.05, 0.1) is 6.54 Å². The Morgan fingerprint density at radius 1 is 1.37 bits per heavy atom. The van der Waals surface area contributed by atoms with Crippen LogP contribution in [0.1, 0.15) is 34.2 Å². The molecule has 3 rings (SSSR count). The van der Waals surface area contributed by atoms with Crippen LogP contribution >= 0.6 is 43.2 Å². The van der Waals surface area contributed by atoms with E-state index in [1.165, 1.54) is 12.8 Å². The molecule has 1 fully saturated rings. The van der Waals surface area contributed by atoms with Crippen molar-refractivity contribution >= 4 is 49.1 Å². The first-order chi connectivity index (χ1) is 9.13. The lowest BCUT2D eigenvalue weighted by molar-refractivity contribution is 0.0942. The van der Waals surface area contributed by atoms with E-state index in [9.17, 15) is 4.79 Å². The molecule has 19 heavy (non-hydrogen) atoms. The van der Waals surface area contributed by atoms with Gasteiger partial charge < -0.3 is 9.88 Å². The molecule has 0 unspecified atom stereocenters. The lowest BCUT2D eigenvalue weighted by Gasteiger charge is -2.07. The fourth-order valence-electron chi connectivity index (χ4n) is 1.99. The van der Waals surface area contributed by atoms with E-state index < -0.39 is 0 Å². The Bertz CT molecular complexity index is 616. The van der Waals surface area contributed by atoms with Crippen LogP contribution in [0.2, 0.25) is 0 Å². The predicted molar refractivity (Wildman–Crippen MR) is 83.6 cm³/mol. The van der Waals surface area contributed by atoms with Crippen molar-refractivity contribution in [1.82, 2.24) is 9.88 Å². The van der Waals surface area contributed by atoms with Gasteiger partial charge in [0, 0.05) is 31.4 Å². The Balaban J connectivity index is 1.70. The second-order valence-corrected chi connectivity index (χ2v) is 7.42. The topological polar surface area (TPSA) is 34.0 Å². The van der Waals surface area contributed by atoms with Crippen LogP contribution in [0.25, 0.3) is 0 Å². The molecule has 100 valence electrons. The molecular weight excluding hydrogens is 392 g/mol. The highest BCUT2D eigenvalue weighted by Gasteiger charge is 2.27. The lowest BCUT2D eigenvalue weighted by atomic mass is 10.3. The number of halogens is 2. The maximum atomic E-state index is 12.2. The third-order valence-electron chi connectivity index (χ3n) is 3.03. The molecule has 1 aliphatic rings. The zero-order valence-corrected chi connectivity index (χ0v) is 14.0. The van der Waals surface area contributed by atoms with E-state index in [1.54, 1.807) is 11.3 Å². The molecule has 1 N–H and O–H groups in total. The standard InChI is InChI=1S/C13H12Br2N2OS/c14-8-4-12(17(6-8)10-1-2-10)13(18)16-5-11-3-9(15)7-19-11/h3-4,6-7,10H,1-2,5H2,(H,16,18). The summed E-state index contributed by atoms with van der Waals surface area (Å²) in [6.45, 7) is 0.572. The molecular formula is C13H12Br2N2OS. The molecule has 2 heterocycles. The van der Waals surface area contributed by atoms with Crippen molar-refractivity contribution in [1.29, 1.82) is 0 Å². The average Bonchev–Trinajstić information content (AvgIpc) is 3.03. The largest absolute Gasteiger partial charge is 0.346 e. The molecule has 0 spiro atoms. The van der Waals surface area contributed by atoms with Crippen LogP contribution in [0.4, 0.5) is 0 Å².